The van der Waals surface area contributed by atoms with Gasteiger partial charge in [0.15, 0.2) is 0 Å². The van der Waals surface area contributed by atoms with Crippen molar-refractivity contribution in [2.24, 2.45) is 0 Å². The van der Waals surface area contributed by atoms with Crippen molar-refractivity contribution in [2.75, 3.05) is 24.2 Å². The predicted octanol–water partition coefficient (Wildman–Crippen LogP) is 9.01. The summed E-state index contributed by atoms with van der Waals surface area (Å²) in [6.45, 7) is 6.37. The van der Waals surface area contributed by atoms with E-state index < -0.39 is 28.9 Å². The highest BCUT2D eigenvalue weighted by Gasteiger charge is 2.33. The number of nitrogens with zero attached hydrogens (tertiary/aromatic N) is 2. The number of phenols is 3. The quantitative estimate of drug-likeness (QED) is 0.0732. The number of hydrogen-bond acceptors (Lipinski definition) is 10. The number of aromatic hydroxyl groups is 3. The first-order chi connectivity index (χ1) is 27.8. The number of β-amino-alcohol motifs (C(OH)–C–C–N with tert-alkyl or cyclic N) is 1. The smallest absolute Gasteiger partial charge is 0.417 e. The number of para-hydroxylation sites is 1. The molecule has 2 heterocycles. The lowest BCUT2D eigenvalue weighted by Gasteiger charge is -2.23. The van der Waals surface area contributed by atoms with Crippen LogP contribution in [0.1, 0.15) is 48.5 Å². The molecule has 3 amide bonds. The fourth-order valence-electron chi connectivity index (χ4n) is 5.00. The normalized spacial score (nSPS) is 11.5. The van der Waals surface area contributed by atoms with Gasteiger partial charge in [-0.05, 0) is 99.1 Å². The highest BCUT2D eigenvalue weighted by atomic mass is 35.5. The van der Waals surface area contributed by atoms with Crippen LogP contribution in [0.3, 0.4) is 0 Å². The molecular formula is C42H42ClF3N6O7. The van der Waals surface area contributed by atoms with E-state index in [1.807, 2.05) is 39.0 Å². The zero-order valence-corrected chi connectivity index (χ0v) is 32.9. The molecule has 2 aromatic heterocycles. The van der Waals surface area contributed by atoms with Gasteiger partial charge < -0.3 is 46.4 Å². The lowest BCUT2D eigenvalue weighted by Crippen LogP contribution is -2.38. The predicted molar refractivity (Wildman–Crippen MR) is 219 cm³/mol. The summed E-state index contributed by atoms with van der Waals surface area (Å²) >= 11 is 5.57. The Kier molecular flexibility index (Phi) is 15.4. The molecule has 0 saturated heterocycles. The minimum atomic E-state index is -4.64. The number of pyridine rings is 2. The molecule has 13 nitrogen and oxygen atoms in total. The third kappa shape index (κ3) is 14.4. The molecule has 4 aromatic carbocycles. The van der Waals surface area contributed by atoms with Crippen LogP contribution in [-0.2, 0) is 6.18 Å². The van der Waals surface area contributed by atoms with Crippen molar-refractivity contribution in [3.05, 3.63) is 137 Å². The number of fused-ring (bicyclic) bond motifs is 1. The highest BCUT2D eigenvalue weighted by molar-refractivity contribution is 6.31. The number of halogens is 4. The summed E-state index contributed by atoms with van der Waals surface area (Å²) in [5, 5.41) is 48.7. The number of anilines is 2. The molecule has 0 saturated carbocycles. The Morgan fingerprint density at radius 2 is 1.42 bits per heavy atom. The minimum absolute atomic E-state index is 0.0511. The summed E-state index contributed by atoms with van der Waals surface area (Å²) in [5.41, 5.74) is 0.526. The van der Waals surface area contributed by atoms with Crippen LogP contribution in [0.25, 0.3) is 10.9 Å². The van der Waals surface area contributed by atoms with Gasteiger partial charge in [0, 0.05) is 60.4 Å². The van der Waals surface area contributed by atoms with Crippen molar-refractivity contribution < 1.29 is 47.9 Å². The van der Waals surface area contributed by atoms with Crippen LogP contribution in [0.15, 0.2) is 116 Å². The molecule has 59 heavy (non-hydrogen) atoms. The summed E-state index contributed by atoms with van der Waals surface area (Å²) in [6, 6.07) is 24.8. The molecular weight excluding hydrogens is 793 g/mol. The van der Waals surface area contributed by atoms with Crippen molar-refractivity contribution in [1.29, 1.82) is 0 Å². The molecule has 0 aliphatic rings. The zero-order valence-electron chi connectivity index (χ0n) is 32.2. The number of nitrogens with one attached hydrogen (secondary N) is 4. The van der Waals surface area contributed by atoms with Gasteiger partial charge in [-0.15, -0.1) is 0 Å². The largest absolute Gasteiger partial charge is 0.508 e. The molecule has 0 radical (unpaired) electrons. The lowest BCUT2D eigenvalue weighted by molar-refractivity contribution is -0.137. The number of carbonyl (C=O) groups is 2. The van der Waals surface area contributed by atoms with Gasteiger partial charge in [-0.25, -0.2) is 4.79 Å². The molecule has 310 valence electrons. The number of benzene rings is 4. The average Bonchev–Trinajstić information content (AvgIpc) is 3.18. The molecule has 8 N–H and O–H groups in total. The SMILES string of the molecule is CC(C)(C)NCC(O)c1cc(O)cc(O)c1.CNC(=O)c1cc(Oc2ccc(NC(=O)Nc3ccc(Cl)c(C(F)(F)F)c3)cc2)ccn1.Oc1cccc2cccnc12. The molecule has 0 fully saturated rings. The number of amides is 3. The molecule has 17 heteroatoms. The second-order valence-electron chi connectivity index (χ2n) is 13.6. The van der Waals surface area contributed by atoms with E-state index in [1.165, 1.54) is 43.6 Å². The van der Waals surface area contributed by atoms with Gasteiger partial charge in [0.25, 0.3) is 5.91 Å². The molecule has 0 aliphatic carbocycles. The highest BCUT2D eigenvalue weighted by Crippen LogP contribution is 2.36. The third-order valence-corrected chi connectivity index (χ3v) is 8.15. The van der Waals surface area contributed by atoms with Gasteiger partial charge in [-0.2, -0.15) is 13.2 Å². The first kappa shape index (κ1) is 45.1. The van der Waals surface area contributed by atoms with E-state index in [9.17, 15) is 43.2 Å². The van der Waals surface area contributed by atoms with Gasteiger partial charge in [0.05, 0.1) is 16.7 Å². The number of aliphatic hydroxyl groups is 1. The number of carbonyl (C=O) groups excluding carboxylic acids is 2. The van der Waals surface area contributed by atoms with Crippen LogP contribution in [0.4, 0.5) is 29.3 Å². The number of aromatic nitrogens is 2. The van der Waals surface area contributed by atoms with Crippen LogP contribution >= 0.6 is 11.6 Å². The van der Waals surface area contributed by atoms with E-state index in [0.717, 1.165) is 17.5 Å². The van der Waals surface area contributed by atoms with Gasteiger partial charge in [-0.3, -0.25) is 14.8 Å². The zero-order chi connectivity index (χ0) is 43.3. The van der Waals surface area contributed by atoms with E-state index in [2.05, 4.69) is 31.2 Å². The number of alkyl halides is 3. The van der Waals surface area contributed by atoms with Crippen molar-refractivity contribution in [2.45, 2.75) is 38.6 Å². The van der Waals surface area contributed by atoms with E-state index in [4.69, 9.17) is 16.3 Å². The molecule has 0 aliphatic heterocycles. The molecule has 6 rings (SSSR count). The van der Waals surface area contributed by atoms with Crippen LogP contribution in [0.2, 0.25) is 5.02 Å². The number of ether oxygens (including phenoxy) is 1. The van der Waals surface area contributed by atoms with Gasteiger partial charge >= 0.3 is 12.2 Å². The monoisotopic (exact) mass is 834 g/mol. The molecule has 1 atom stereocenters. The van der Waals surface area contributed by atoms with Crippen LogP contribution in [-0.4, -0.2) is 61.5 Å². The fraction of sp³-hybridized carbons (Fsp3) is 0.190. The maximum absolute atomic E-state index is 12.9. The second kappa shape index (κ2) is 20.2. The number of rotatable bonds is 8. The minimum Gasteiger partial charge on any atom is -0.508 e. The Morgan fingerprint density at radius 3 is 2.05 bits per heavy atom. The third-order valence-electron chi connectivity index (χ3n) is 7.82. The number of urea groups is 1. The summed E-state index contributed by atoms with van der Waals surface area (Å²) < 4.78 is 44.5. The Bertz CT molecular complexity index is 2330. The van der Waals surface area contributed by atoms with Gasteiger partial charge in [0.2, 0.25) is 0 Å². The van der Waals surface area contributed by atoms with Gasteiger partial charge in [-0.1, -0.05) is 29.8 Å². The number of aliphatic hydroxyl groups excluding tert-OH is 1. The first-order valence-electron chi connectivity index (χ1n) is 17.7. The second-order valence-corrected chi connectivity index (χ2v) is 14.0. The van der Waals surface area contributed by atoms with Crippen LogP contribution in [0, 0.1) is 0 Å². The average molecular weight is 835 g/mol. The summed E-state index contributed by atoms with van der Waals surface area (Å²) in [7, 11) is 1.49. The molecule has 0 bridgehead atoms. The van der Waals surface area contributed by atoms with Crippen molar-refractivity contribution in [3.8, 4) is 28.7 Å². The van der Waals surface area contributed by atoms with Crippen molar-refractivity contribution in [1.82, 2.24) is 20.6 Å². The summed E-state index contributed by atoms with van der Waals surface area (Å²) in [6.07, 6.45) is -2.29. The van der Waals surface area contributed by atoms with Crippen LogP contribution in [0.5, 0.6) is 28.7 Å². The van der Waals surface area contributed by atoms with Crippen molar-refractivity contribution in [3.63, 3.8) is 0 Å². The maximum Gasteiger partial charge on any atom is 0.417 e. The molecule has 0 spiro atoms. The standard InChI is InChI=1S/C21H16ClF3N4O3.C12H19NO3.C9H7NO/c1-26-19(30)18-11-15(8-9-27-18)32-14-5-2-12(3-6-14)28-20(31)29-13-4-7-17(22)16(10-13)21(23,24)25;1-12(2,3)13-7-11(16)8-4-9(14)6-10(15)5-8;11-8-5-1-3-7-4-2-6-10-9(7)8/h2-11H,1H3,(H,26,30)(H2,28,29,31);4-6,11,13-16H,7H2,1-3H3;1-6,11H. The van der Waals surface area contributed by atoms with Gasteiger partial charge in [0.1, 0.15) is 40.0 Å². The van der Waals surface area contributed by atoms with E-state index in [-0.39, 0.29) is 40.1 Å². The molecule has 1 unspecified atom stereocenters. The van der Waals surface area contributed by atoms with Crippen LogP contribution < -0.4 is 26.0 Å². The van der Waals surface area contributed by atoms with E-state index in [0.29, 0.717) is 34.8 Å². The topological polar surface area (TPSA) is 198 Å². The molecule has 6 aromatic rings. The Labute approximate surface area is 342 Å². The number of hydrogen-bond donors (Lipinski definition) is 8. The Hall–Kier alpha value is -6.62. The lowest BCUT2D eigenvalue weighted by atomic mass is 10.1. The summed E-state index contributed by atoms with van der Waals surface area (Å²) in [5.74, 6) is 0.597. The number of phenolic OH excluding ortho intramolecular Hbond substituents is 3. The summed E-state index contributed by atoms with van der Waals surface area (Å²) in [4.78, 5) is 31.7. The first-order valence-corrected chi connectivity index (χ1v) is 18.1. The fourth-order valence-corrected chi connectivity index (χ4v) is 5.23. The van der Waals surface area contributed by atoms with E-state index >= 15 is 0 Å². The van der Waals surface area contributed by atoms with Crippen molar-refractivity contribution >= 4 is 45.8 Å². The maximum atomic E-state index is 12.9. The van der Waals surface area contributed by atoms with E-state index in [1.54, 1.807) is 48.7 Å². The Morgan fingerprint density at radius 1 is 0.780 bits per heavy atom. The Balaban J connectivity index is 0.000000233.